The van der Waals surface area contributed by atoms with Gasteiger partial charge in [-0.15, -0.1) is 0 Å². The first kappa shape index (κ1) is 16.6. The van der Waals surface area contributed by atoms with Crippen molar-refractivity contribution in [3.05, 3.63) is 48.3 Å². The van der Waals surface area contributed by atoms with Crippen LogP contribution < -0.4 is 10.1 Å². The minimum atomic E-state index is 0.522. The molecule has 0 atom stereocenters. The van der Waals surface area contributed by atoms with Crippen LogP contribution in [0.5, 0.6) is 5.75 Å². The van der Waals surface area contributed by atoms with Crippen LogP contribution in [0.25, 0.3) is 21.3 Å². The van der Waals surface area contributed by atoms with Gasteiger partial charge in [-0.1, -0.05) is 30.6 Å². The Morgan fingerprint density at radius 3 is 3.00 bits per heavy atom. The number of benzene rings is 1. The lowest BCUT2D eigenvalue weighted by atomic mass is 9.96. The highest BCUT2D eigenvalue weighted by Crippen LogP contribution is 2.31. The maximum atomic E-state index is 6.05. The van der Waals surface area contributed by atoms with Crippen molar-refractivity contribution in [3.63, 3.8) is 0 Å². The second kappa shape index (κ2) is 7.19. The lowest BCUT2D eigenvalue weighted by molar-refractivity contribution is 0.308. The molecule has 0 aliphatic heterocycles. The third-order valence-electron chi connectivity index (χ3n) is 5.24. The zero-order valence-electron chi connectivity index (χ0n) is 15.1. The molecular weight excluding hydrogens is 356 g/mol. The van der Waals surface area contributed by atoms with Gasteiger partial charge in [-0.2, -0.15) is 0 Å². The molecule has 4 aromatic rings. The molecule has 1 aliphatic rings. The van der Waals surface area contributed by atoms with E-state index in [0.29, 0.717) is 12.6 Å². The second-order valence-corrected chi connectivity index (χ2v) is 8.16. The first-order valence-electron chi connectivity index (χ1n) is 9.56. The molecule has 138 valence electrons. The van der Waals surface area contributed by atoms with Gasteiger partial charge in [-0.25, -0.2) is 9.97 Å². The van der Waals surface area contributed by atoms with E-state index in [0.717, 1.165) is 37.7 Å². The number of aromatic nitrogens is 3. The number of hydrogen-bond donors (Lipinski definition) is 2. The summed E-state index contributed by atoms with van der Waals surface area (Å²) in [5.74, 6) is 0.871. The van der Waals surface area contributed by atoms with E-state index >= 15 is 0 Å². The van der Waals surface area contributed by atoms with E-state index in [4.69, 9.17) is 9.72 Å². The third-order valence-corrected chi connectivity index (χ3v) is 6.19. The van der Waals surface area contributed by atoms with Gasteiger partial charge in [0.25, 0.3) is 0 Å². The summed E-state index contributed by atoms with van der Waals surface area (Å²) in [5, 5.41) is 5.75. The molecule has 1 aliphatic carbocycles. The van der Waals surface area contributed by atoms with Gasteiger partial charge < -0.3 is 15.0 Å². The number of rotatable bonds is 5. The zero-order valence-corrected chi connectivity index (χ0v) is 15.9. The summed E-state index contributed by atoms with van der Waals surface area (Å²) in [6.07, 6.45) is 10.2. The molecule has 0 amide bonds. The number of fused-ring (bicyclic) bond motifs is 2. The number of aromatic amines is 1. The fourth-order valence-corrected chi connectivity index (χ4v) is 4.75. The number of anilines is 1. The van der Waals surface area contributed by atoms with Crippen molar-refractivity contribution in [2.75, 3.05) is 5.32 Å². The van der Waals surface area contributed by atoms with E-state index < -0.39 is 0 Å². The average Bonchev–Trinajstić information content (AvgIpc) is 3.33. The van der Waals surface area contributed by atoms with E-state index in [2.05, 4.69) is 21.4 Å². The summed E-state index contributed by atoms with van der Waals surface area (Å²) in [7, 11) is 0. The first-order chi connectivity index (χ1) is 13.3. The van der Waals surface area contributed by atoms with Crippen molar-refractivity contribution in [1.29, 1.82) is 0 Å². The van der Waals surface area contributed by atoms with Crippen LogP contribution in [0.4, 0.5) is 5.13 Å². The quantitative estimate of drug-likeness (QED) is 0.481. The molecule has 0 spiro atoms. The van der Waals surface area contributed by atoms with Gasteiger partial charge in [0, 0.05) is 29.4 Å². The van der Waals surface area contributed by atoms with E-state index in [-0.39, 0.29) is 0 Å². The standard InChI is InChI=1S/C21H22N4OS/c1-2-4-15(5-3-1)24-21-25-18-7-6-16(12-19(18)27-21)26-13-14-8-10-22-20-17(14)9-11-23-20/h6-12,15H,1-5,13H2,(H,22,23)(H,24,25). The summed E-state index contributed by atoms with van der Waals surface area (Å²) < 4.78 is 7.21. The smallest absolute Gasteiger partial charge is 0.184 e. The second-order valence-electron chi connectivity index (χ2n) is 7.13. The highest BCUT2D eigenvalue weighted by atomic mass is 32.1. The van der Waals surface area contributed by atoms with E-state index in [1.807, 2.05) is 36.7 Å². The van der Waals surface area contributed by atoms with Crippen molar-refractivity contribution in [1.82, 2.24) is 15.0 Å². The van der Waals surface area contributed by atoms with Crippen LogP contribution in [0, 0.1) is 0 Å². The molecule has 0 radical (unpaired) electrons. The number of hydrogen-bond acceptors (Lipinski definition) is 5. The van der Waals surface area contributed by atoms with Gasteiger partial charge in [0.1, 0.15) is 18.0 Å². The van der Waals surface area contributed by atoms with Crippen LogP contribution in [-0.2, 0) is 6.61 Å². The van der Waals surface area contributed by atoms with Gasteiger partial charge in [0.2, 0.25) is 0 Å². The Morgan fingerprint density at radius 2 is 2.07 bits per heavy atom. The maximum absolute atomic E-state index is 6.05. The van der Waals surface area contributed by atoms with Gasteiger partial charge in [0.15, 0.2) is 5.13 Å². The Balaban J connectivity index is 1.31. The first-order valence-corrected chi connectivity index (χ1v) is 10.4. The Morgan fingerprint density at radius 1 is 1.15 bits per heavy atom. The van der Waals surface area contributed by atoms with E-state index in [1.54, 1.807) is 11.3 Å². The molecule has 1 aromatic carbocycles. The highest BCUT2D eigenvalue weighted by molar-refractivity contribution is 7.22. The Bertz CT molecular complexity index is 1060. The van der Waals surface area contributed by atoms with E-state index in [1.165, 1.54) is 32.1 Å². The Kier molecular flexibility index (Phi) is 4.41. The fraction of sp³-hybridized carbons (Fsp3) is 0.333. The SMILES string of the molecule is c1cc(COc2ccc3nc(NC4CCCCC4)sc3c2)c2cc[nH]c2n1. The molecule has 1 saturated carbocycles. The molecule has 5 nitrogen and oxygen atoms in total. The van der Waals surface area contributed by atoms with Gasteiger partial charge in [-0.3, -0.25) is 0 Å². The molecule has 27 heavy (non-hydrogen) atoms. The molecule has 0 bridgehead atoms. The predicted molar refractivity (Wildman–Crippen MR) is 111 cm³/mol. The van der Waals surface area contributed by atoms with Gasteiger partial charge in [-0.05, 0) is 43.2 Å². The molecule has 0 unspecified atom stereocenters. The lowest BCUT2D eigenvalue weighted by Crippen LogP contribution is -2.21. The summed E-state index contributed by atoms with van der Waals surface area (Å²) in [4.78, 5) is 12.2. The van der Waals surface area contributed by atoms with Gasteiger partial charge in [0.05, 0.1) is 10.2 Å². The zero-order chi connectivity index (χ0) is 18.1. The van der Waals surface area contributed by atoms with Crippen LogP contribution in [0.1, 0.15) is 37.7 Å². The molecule has 5 rings (SSSR count). The average molecular weight is 379 g/mol. The van der Waals surface area contributed by atoms with Crippen molar-refractivity contribution in [2.24, 2.45) is 0 Å². The number of nitrogens with one attached hydrogen (secondary N) is 2. The molecular formula is C21H22N4OS. The number of thiazole rings is 1. The van der Waals surface area contributed by atoms with Crippen molar-refractivity contribution in [2.45, 2.75) is 44.8 Å². The monoisotopic (exact) mass is 378 g/mol. The Labute approximate surface area is 161 Å². The van der Waals surface area contributed by atoms with Crippen LogP contribution in [-0.4, -0.2) is 21.0 Å². The van der Waals surface area contributed by atoms with Crippen molar-refractivity contribution < 1.29 is 4.74 Å². The fourth-order valence-electron chi connectivity index (χ4n) is 3.78. The predicted octanol–water partition coefficient (Wildman–Crippen LogP) is 5.50. The number of pyridine rings is 1. The molecule has 3 aromatic heterocycles. The van der Waals surface area contributed by atoms with Gasteiger partial charge >= 0.3 is 0 Å². The van der Waals surface area contributed by atoms with Crippen LogP contribution in [0.15, 0.2) is 42.7 Å². The van der Waals surface area contributed by atoms with Crippen molar-refractivity contribution >= 4 is 37.7 Å². The lowest BCUT2D eigenvalue weighted by Gasteiger charge is -2.22. The van der Waals surface area contributed by atoms with Crippen LogP contribution >= 0.6 is 11.3 Å². The summed E-state index contributed by atoms with van der Waals surface area (Å²) in [5.41, 5.74) is 3.06. The minimum absolute atomic E-state index is 0.522. The molecule has 2 N–H and O–H groups in total. The summed E-state index contributed by atoms with van der Waals surface area (Å²) in [6.45, 7) is 0.522. The minimum Gasteiger partial charge on any atom is -0.489 e. The summed E-state index contributed by atoms with van der Waals surface area (Å²) >= 11 is 1.71. The molecule has 1 fully saturated rings. The highest BCUT2D eigenvalue weighted by Gasteiger charge is 2.15. The largest absolute Gasteiger partial charge is 0.489 e. The maximum Gasteiger partial charge on any atom is 0.184 e. The molecule has 0 saturated heterocycles. The summed E-state index contributed by atoms with van der Waals surface area (Å²) in [6, 6.07) is 10.8. The topological polar surface area (TPSA) is 62.8 Å². The number of H-pyrrole nitrogens is 1. The number of ether oxygens (including phenoxy) is 1. The normalized spacial score (nSPS) is 15.4. The number of nitrogens with zero attached hydrogens (tertiary/aromatic N) is 2. The molecule has 6 heteroatoms. The van der Waals surface area contributed by atoms with Crippen LogP contribution in [0.2, 0.25) is 0 Å². The Hall–Kier alpha value is -2.60. The third kappa shape index (κ3) is 3.49. The molecule has 3 heterocycles. The van der Waals surface area contributed by atoms with Crippen molar-refractivity contribution in [3.8, 4) is 5.75 Å². The van der Waals surface area contributed by atoms with Crippen LogP contribution in [0.3, 0.4) is 0 Å². The van der Waals surface area contributed by atoms with E-state index in [9.17, 15) is 0 Å².